The molecule has 0 bridgehead atoms. The van der Waals surface area contributed by atoms with Crippen molar-refractivity contribution in [1.82, 2.24) is 0 Å². The Balaban J connectivity index is 2.95. The average Bonchev–Trinajstić information content (AvgIpc) is 2.37. The number of anilines is 1. The minimum atomic E-state index is -0.0744. The van der Waals surface area contributed by atoms with Crippen molar-refractivity contribution in [2.45, 2.75) is 52.9 Å². The maximum atomic E-state index is 14.2. The SMILES string of the molecule is CCCN(CCC)c1ccc(C(C)CC)cc1F. The van der Waals surface area contributed by atoms with Gasteiger partial charge in [-0.25, -0.2) is 4.39 Å². The summed E-state index contributed by atoms with van der Waals surface area (Å²) in [5.74, 6) is 0.356. The van der Waals surface area contributed by atoms with Gasteiger partial charge in [-0.1, -0.05) is 33.8 Å². The Hall–Kier alpha value is -1.05. The molecule has 1 aromatic carbocycles. The van der Waals surface area contributed by atoms with Crippen LogP contribution in [0.2, 0.25) is 0 Å². The molecule has 1 nitrogen and oxygen atoms in total. The lowest BCUT2D eigenvalue weighted by Gasteiger charge is -2.25. The highest BCUT2D eigenvalue weighted by molar-refractivity contribution is 5.49. The van der Waals surface area contributed by atoms with Crippen molar-refractivity contribution in [2.24, 2.45) is 0 Å². The van der Waals surface area contributed by atoms with Crippen molar-refractivity contribution in [1.29, 1.82) is 0 Å². The summed E-state index contributed by atoms with van der Waals surface area (Å²) in [6, 6.07) is 5.73. The second kappa shape index (κ2) is 7.40. The fourth-order valence-corrected chi connectivity index (χ4v) is 2.21. The highest BCUT2D eigenvalue weighted by atomic mass is 19.1. The predicted molar refractivity (Wildman–Crippen MR) is 77.9 cm³/mol. The minimum Gasteiger partial charge on any atom is -0.369 e. The number of rotatable bonds is 7. The third-order valence-electron chi connectivity index (χ3n) is 3.48. The second-order valence-corrected chi connectivity index (χ2v) is 5.01. The summed E-state index contributed by atoms with van der Waals surface area (Å²) in [7, 11) is 0. The first-order chi connectivity index (χ1) is 8.63. The summed E-state index contributed by atoms with van der Waals surface area (Å²) in [6.45, 7) is 10.4. The summed E-state index contributed by atoms with van der Waals surface area (Å²) in [4.78, 5) is 2.15. The van der Waals surface area contributed by atoms with Crippen LogP contribution in [0.3, 0.4) is 0 Å². The van der Waals surface area contributed by atoms with E-state index in [-0.39, 0.29) is 5.82 Å². The van der Waals surface area contributed by atoms with Crippen molar-refractivity contribution in [3.63, 3.8) is 0 Å². The fraction of sp³-hybridized carbons (Fsp3) is 0.625. The van der Waals surface area contributed by atoms with Gasteiger partial charge in [-0.2, -0.15) is 0 Å². The van der Waals surface area contributed by atoms with E-state index in [2.05, 4.69) is 38.7 Å². The molecule has 0 fully saturated rings. The van der Waals surface area contributed by atoms with E-state index in [0.717, 1.165) is 43.6 Å². The van der Waals surface area contributed by atoms with Crippen LogP contribution in [0.25, 0.3) is 0 Å². The van der Waals surface area contributed by atoms with Gasteiger partial charge in [0.05, 0.1) is 5.69 Å². The number of benzene rings is 1. The van der Waals surface area contributed by atoms with E-state index in [4.69, 9.17) is 0 Å². The monoisotopic (exact) mass is 251 g/mol. The van der Waals surface area contributed by atoms with E-state index < -0.39 is 0 Å². The van der Waals surface area contributed by atoms with Crippen LogP contribution < -0.4 is 4.90 Å². The lowest BCUT2D eigenvalue weighted by molar-refractivity contribution is 0.606. The van der Waals surface area contributed by atoms with E-state index >= 15 is 0 Å². The van der Waals surface area contributed by atoms with Gasteiger partial charge in [-0.05, 0) is 42.9 Å². The molecule has 0 heterocycles. The van der Waals surface area contributed by atoms with Crippen molar-refractivity contribution in [3.05, 3.63) is 29.6 Å². The van der Waals surface area contributed by atoms with Crippen LogP contribution >= 0.6 is 0 Å². The second-order valence-electron chi connectivity index (χ2n) is 5.01. The molecule has 0 aliphatic carbocycles. The quantitative estimate of drug-likeness (QED) is 0.661. The molecule has 0 aromatic heterocycles. The summed E-state index contributed by atoms with van der Waals surface area (Å²) in [5, 5.41) is 0. The maximum Gasteiger partial charge on any atom is 0.146 e. The Bertz CT molecular complexity index is 356. The van der Waals surface area contributed by atoms with Gasteiger partial charge in [0, 0.05) is 13.1 Å². The zero-order valence-electron chi connectivity index (χ0n) is 12.2. The highest BCUT2D eigenvalue weighted by Crippen LogP contribution is 2.26. The third-order valence-corrected chi connectivity index (χ3v) is 3.48. The molecule has 0 spiro atoms. The van der Waals surface area contributed by atoms with E-state index in [1.807, 2.05) is 6.07 Å². The Morgan fingerprint density at radius 3 is 2.17 bits per heavy atom. The van der Waals surface area contributed by atoms with Crippen molar-refractivity contribution in [3.8, 4) is 0 Å². The van der Waals surface area contributed by atoms with Crippen LogP contribution in [-0.2, 0) is 0 Å². The van der Waals surface area contributed by atoms with Crippen LogP contribution in [0.5, 0.6) is 0 Å². The molecule has 18 heavy (non-hydrogen) atoms. The first kappa shape index (κ1) is 15.0. The van der Waals surface area contributed by atoms with E-state index in [0.29, 0.717) is 5.92 Å². The lowest BCUT2D eigenvalue weighted by Crippen LogP contribution is -2.25. The van der Waals surface area contributed by atoms with Gasteiger partial charge in [0.25, 0.3) is 0 Å². The Kier molecular flexibility index (Phi) is 6.17. The number of hydrogen-bond acceptors (Lipinski definition) is 1. The van der Waals surface area contributed by atoms with Crippen LogP contribution in [-0.4, -0.2) is 13.1 Å². The summed E-state index contributed by atoms with van der Waals surface area (Å²) in [5.41, 5.74) is 1.86. The van der Waals surface area contributed by atoms with E-state index in [9.17, 15) is 4.39 Å². The molecule has 102 valence electrons. The smallest absolute Gasteiger partial charge is 0.146 e. The topological polar surface area (TPSA) is 3.24 Å². The Labute approximate surface area is 111 Å². The van der Waals surface area contributed by atoms with Crippen LogP contribution in [0.1, 0.15) is 58.4 Å². The molecule has 0 aliphatic heterocycles. The van der Waals surface area contributed by atoms with Gasteiger partial charge in [0.1, 0.15) is 5.82 Å². The van der Waals surface area contributed by atoms with Gasteiger partial charge < -0.3 is 4.90 Å². The first-order valence-corrected chi connectivity index (χ1v) is 7.18. The molecule has 0 N–H and O–H groups in total. The molecule has 1 unspecified atom stereocenters. The lowest BCUT2D eigenvalue weighted by atomic mass is 9.98. The molecular weight excluding hydrogens is 225 g/mol. The normalized spacial score (nSPS) is 12.5. The number of hydrogen-bond donors (Lipinski definition) is 0. The van der Waals surface area contributed by atoms with Gasteiger partial charge in [-0.3, -0.25) is 0 Å². The largest absolute Gasteiger partial charge is 0.369 e. The molecule has 0 amide bonds. The maximum absolute atomic E-state index is 14.2. The van der Waals surface area contributed by atoms with Crippen LogP contribution in [0.4, 0.5) is 10.1 Å². The van der Waals surface area contributed by atoms with Crippen molar-refractivity contribution >= 4 is 5.69 Å². The summed E-state index contributed by atoms with van der Waals surface area (Å²) >= 11 is 0. The van der Waals surface area contributed by atoms with Gasteiger partial charge >= 0.3 is 0 Å². The summed E-state index contributed by atoms with van der Waals surface area (Å²) < 4.78 is 14.2. The number of nitrogens with zero attached hydrogens (tertiary/aromatic N) is 1. The van der Waals surface area contributed by atoms with Crippen molar-refractivity contribution in [2.75, 3.05) is 18.0 Å². The molecule has 0 radical (unpaired) electrons. The Morgan fingerprint density at radius 1 is 1.11 bits per heavy atom. The predicted octanol–water partition coefficient (Wildman–Crippen LogP) is 4.97. The van der Waals surface area contributed by atoms with Crippen LogP contribution in [0.15, 0.2) is 18.2 Å². The molecule has 1 atom stereocenters. The minimum absolute atomic E-state index is 0.0744. The van der Waals surface area contributed by atoms with Gasteiger partial charge in [0.2, 0.25) is 0 Å². The zero-order valence-corrected chi connectivity index (χ0v) is 12.2. The van der Waals surface area contributed by atoms with Crippen LogP contribution in [0, 0.1) is 5.82 Å². The molecule has 1 rings (SSSR count). The fourth-order valence-electron chi connectivity index (χ4n) is 2.21. The first-order valence-electron chi connectivity index (χ1n) is 7.18. The molecule has 1 aromatic rings. The summed E-state index contributed by atoms with van der Waals surface area (Å²) in [6.07, 6.45) is 3.14. The third kappa shape index (κ3) is 3.72. The van der Waals surface area contributed by atoms with E-state index in [1.54, 1.807) is 6.07 Å². The Morgan fingerprint density at radius 2 is 1.72 bits per heavy atom. The molecule has 0 saturated heterocycles. The highest BCUT2D eigenvalue weighted by Gasteiger charge is 2.12. The molecule has 0 aliphatic rings. The molecule has 2 heteroatoms. The van der Waals surface area contributed by atoms with E-state index in [1.165, 1.54) is 0 Å². The average molecular weight is 251 g/mol. The van der Waals surface area contributed by atoms with Gasteiger partial charge in [0.15, 0.2) is 0 Å². The zero-order chi connectivity index (χ0) is 13.5. The standard InChI is InChI=1S/C16H26FN/c1-5-10-18(11-6-2)16-9-8-14(12-15(16)17)13(4)7-3/h8-9,12-13H,5-7,10-11H2,1-4H3. The molecule has 0 saturated carbocycles. The number of halogens is 1. The van der Waals surface area contributed by atoms with Gasteiger partial charge in [-0.15, -0.1) is 0 Å². The van der Waals surface area contributed by atoms with Crippen molar-refractivity contribution < 1.29 is 4.39 Å². The molecular formula is C16H26FN.